The second-order valence-corrected chi connectivity index (χ2v) is 5.45. The van der Waals surface area contributed by atoms with Crippen LogP contribution in [0.15, 0.2) is 35.7 Å². The highest BCUT2D eigenvalue weighted by molar-refractivity contribution is 7.10. The molecule has 0 aliphatic rings. The molecule has 7 heteroatoms. The fraction of sp³-hybridized carbons (Fsp3) is 0.214. The molecule has 2 rings (SSSR count). The number of hydrogen-bond acceptors (Lipinski definition) is 5. The molecule has 0 saturated heterocycles. The zero-order chi connectivity index (χ0) is 15.4. The minimum absolute atomic E-state index is 0.0110. The number of thiophene rings is 1. The maximum atomic E-state index is 11.2. The molecule has 0 spiro atoms. The summed E-state index contributed by atoms with van der Waals surface area (Å²) in [5.41, 5.74) is 5.51. The van der Waals surface area contributed by atoms with E-state index in [0.717, 1.165) is 11.3 Å². The van der Waals surface area contributed by atoms with Gasteiger partial charge in [0, 0.05) is 16.5 Å². The van der Waals surface area contributed by atoms with Crippen LogP contribution in [0.25, 0.3) is 0 Å². The maximum absolute atomic E-state index is 11.2. The Kier molecular flexibility index (Phi) is 4.54. The van der Waals surface area contributed by atoms with Gasteiger partial charge in [0.05, 0.1) is 11.0 Å². The summed E-state index contributed by atoms with van der Waals surface area (Å²) in [5.74, 6) is -0.685. The average Bonchev–Trinajstić information content (AvgIpc) is 2.98. The number of primary amides is 1. The molecular weight excluding hydrogens is 290 g/mol. The van der Waals surface area contributed by atoms with E-state index in [9.17, 15) is 14.9 Å². The van der Waals surface area contributed by atoms with E-state index in [1.54, 1.807) is 11.3 Å². The first-order chi connectivity index (χ1) is 10.0. The Balaban J connectivity index is 2.34. The number of nitrogens with one attached hydrogen (secondary N) is 1. The van der Waals surface area contributed by atoms with E-state index in [-0.39, 0.29) is 17.3 Å². The number of anilines is 1. The van der Waals surface area contributed by atoms with Gasteiger partial charge in [-0.05, 0) is 30.0 Å². The van der Waals surface area contributed by atoms with Gasteiger partial charge in [-0.25, -0.2) is 0 Å². The molecule has 0 aliphatic carbocycles. The number of rotatable bonds is 6. The topological polar surface area (TPSA) is 98.3 Å². The van der Waals surface area contributed by atoms with Crippen molar-refractivity contribution in [2.75, 3.05) is 5.32 Å². The van der Waals surface area contributed by atoms with Gasteiger partial charge in [0.25, 0.3) is 5.69 Å². The quantitative estimate of drug-likeness (QED) is 0.631. The third-order valence-electron chi connectivity index (χ3n) is 3.10. The SMILES string of the molecule is CCC(Nc1ccc(C(N)=O)cc1[N+](=O)[O-])c1cccs1. The van der Waals surface area contributed by atoms with Gasteiger partial charge in [-0.1, -0.05) is 13.0 Å². The Labute approximate surface area is 125 Å². The van der Waals surface area contributed by atoms with Gasteiger partial charge in [0.2, 0.25) is 5.91 Å². The van der Waals surface area contributed by atoms with Gasteiger partial charge >= 0.3 is 0 Å². The van der Waals surface area contributed by atoms with Crippen molar-refractivity contribution >= 4 is 28.6 Å². The Morgan fingerprint density at radius 1 is 1.48 bits per heavy atom. The molecule has 0 radical (unpaired) electrons. The van der Waals surface area contributed by atoms with Gasteiger partial charge in [0.1, 0.15) is 5.69 Å². The molecule has 110 valence electrons. The van der Waals surface area contributed by atoms with Crippen LogP contribution >= 0.6 is 11.3 Å². The summed E-state index contributed by atoms with van der Waals surface area (Å²) in [6, 6.07) is 8.12. The van der Waals surface area contributed by atoms with Gasteiger partial charge < -0.3 is 11.1 Å². The molecule has 1 aromatic heterocycles. The fourth-order valence-corrected chi connectivity index (χ4v) is 2.87. The molecule has 6 nitrogen and oxygen atoms in total. The first-order valence-electron chi connectivity index (χ1n) is 6.41. The third kappa shape index (κ3) is 3.38. The molecule has 3 N–H and O–H groups in total. The lowest BCUT2D eigenvalue weighted by Gasteiger charge is -2.17. The first-order valence-corrected chi connectivity index (χ1v) is 7.29. The lowest BCUT2D eigenvalue weighted by molar-refractivity contribution is -0.384. The summed E-state index contributed by atoms with van der Waals surface area (Å²) in [7, 11) is 0. The van der Waals surface area contributed by atoms with Crippen LogP contribution in [0.2, 0.25) is 0 Å². The van der Waals surface area contributed by atoms with E-state index in [1.165, 1.54) is 18.2 Å². The van der Waals surface area contributed by atoms with Crippen molar-refractivity contribution in [3.8, 4) is 0 Å². The predicted molar refractivity (Wildman–Crippen MR) is 82.6 cm³/mol. The minimum atomic E-state index is -0.685. The molecule has 0 bridgehead atoms. The number of nitro benzene ring substituents is 1. The van der Waals surface area contributed by atoms with E-state index in [1.807, 2.05) is 24.4 Å². The number of nitrogens with two attached hydrogens (primary N) is 1. The summed E-state index contributed by atoms with van der Waals surface area (Å²) in [6.45, 7) is 2.00. The molecular formula is C14H15N3O3S. The van der Waals surface area contributed by atoms with Gasteiger partial charge in [-0.15, -0.1) is 11.3 Å². The second kappa shape index (κ2) is 6.36. The average molecular weight is 305 g/mol. The monoisotopic (exact) mass is 305 g/mol. The zero-order valence-electron chi connectivity index (χ0n) is 11.4. The van der Waals surface area contributed by atoms with Crippen LogP contribution in [0.1, 0.15) is 34.6 Å². The molecule has 1 heterocycles. The Morgan fingerprint density at radius 3 is 2.76 bits per heavy atom. The fourth-order valence-electron chi connectivity index (χ4n) is 2.01. The van der Waals surface area contributed by atoms with Crippen LogP contribution in [0.3, 0.4) is 0 Å². The summed E-state index contributed by atoms with van der Waals surface area (Å²) < 4.78 is 0. The van der Waals surface area contributed by atoms with Gasteiger partial charge in [-0.3, -0.25) is 14.9 Å². The second-order valence-electron chi connectivity index (χ2n) is 4.47. The molecule has 2 aromatic rings. The van der Waals surface area contributed by atoms with E-state index in [0.29, 0.717) is 5.69 Å². The number of amides is 1. The van der Waals surface area contributed by atoms with Crippen LogP contribution in [0, 0.1) is 10.1 Å². The lowest BCUT2D eigenvalue weighted by atomic mass is 10.1. The van der Waals surface area contributed by atoms with Crippen molar-refractivity contribution in [2.45, 2.75) is 19.4 Å². The predicted octanol–water partition coefficient (Wildman–Crippen LogP) is 3.32. The lowest BCUT2D eigenvalue weighted by Crippen LogP contribution is -2.13. The zero-order valence-corrected chi connectivity index (χ0v) is 12.2. The Morgan fingerprint density at radius 2 is 2.24 bits per heavy atom. The molecule has 0 saturated carbocycles. The van der Waals surface area contributed by atoms with Crippen molar-refractivity contribution in [1.82, 2.24) is 0 Å². The summed E-state index contributed by atoms with van der Waals surface area (Å²) in [4.78, 5) is 22.9. The molecule has 0 fully saturated rings. The Bertz CT molecular complexity index is 655. The van der Waals surface area contributed by atoms with E-state index in [2.05, 4.69) is 5.32 Å². The molecule has 0 aliphatic heterocycles. The van der Waals surface area contributed by atoms with Crippen LogP contribution in [-0.4, -0.2) is 10.8 Å². The number of carbonyl (C=O) groups excluding carboxylic acids is 1. The van der Waals surface area contributed by atoms with E-state index in [4.69, 9.17) is 5.73 Å². The maximum Gasteiger partial charge on any atom is 0.293 e. The third-order valence-corrected chi connectivity index (χ3v) is 4.09. The molecule has 1 aromatic carbocycles. The highest BCUT2D eigenvalue weighted by Gasteiger charge is 2.19. The van der Waals surface area contributed by atoms with E-state index >= 15 is 0 Å². The van der Waals surface area contributed by atoms with Crippen LogP contribution < -0.4 is 11.1 Å². The standard InChI is InChI=1S/C14H15N3O3S/c1-2-10(13-4-3-7-21-13)16-11-6-5-9(14(15)18)8-12(11)17(19)20/h3-8,10,16H,2H2,1H3,(H2,15,18). The molecule has 1 amide bonds. The molecule has 1 atom stereocenters. The number of benzene rings is 1. The largest absolute Gasteiger partial charge is 0.372 e. The van der Waals surface area contributed by atoms with Gasteiger partial charge in [-0.2, -0.15) is 0 Å². The minimum Gasteiger partial charge on any atom is -0.372 e. The van der Waals surface area contributed by atoms with Crippen LogP contribution in [-0.2, 0) is 0 Å². The molecule has 1 unspecified atom stereocenters. The van der Waals surface area contributed by atoms with Crippen molar-refractivity contribution in [3.05, 3.63) is 56.3 Å². The van der Waals surface area contributed by atoms with Crippen LogP contribution in [0.5, 0.6) is 0 Å². The van der Waals surface area contributed by atoms with Crippen molar-refractivity contribution in [1.29, 1.82) is 0 Å². The number of nitro groups is 1. The highest BCUT2D eigenvalue weighted by Crippen LogP contribution is 2.32. The van der Waals surface area contributed by atoms with Crippen molar-refractivity contribution in [3.63, 3.8) is 0 Å². The number of hydrogen-bond donors (Lipinski definition) is 2. The summed E-state index contributed by atoms with van der Waals surface area (Å²) in [5, 5.41) is 16.3. The smallest absolute Gasteiger partial charge is 0.293 e. The van der Waals surface area contributed by atoms with Crippen LogP contribution in [0.4, 0.5) is 11.4 Å². The highest BCUT2D eigenvalue weighted by atomic mass is 32.1. The first kappa shape index (κ1) is 15.0. The summed E-state index contributed by atoms with van der Waals surface area (Å²) >= 11 is 1.59. The van der Waals surface area contributed by atoms with Crippen molar-refractivity contribution in [2.24, 2.45) is 5.73 Å². The van der Waals surface area contributed by atoms with E-state index < -0.39 is 10.8 Å². The number of nitrogens with zero attached hydrogens (tertiary/aromatic N) is 1. The number of carbonyl (C=O) groups is 1. The summed E-state index contributed by atoms with van der Waals surface area (Å²) in [6.07, 6.45) is 0.787. The normalized spacial score (nSPS) is 11.9. The molecule has 21 heavy (non-hydrogen) atoms. The van der Waals surface area contributed by atoms with Crippen molar-refractivity contribution < 1.29 is 9.72 Å². The van der Waals surface area contributed by atoms with Gasteiger partial charge in [0.15, 0.2) is 0 Å². The Hall–Kier alpha value is -2.41.